The molecule has 2 aliphatic heterocycles. The van der Waals surface area contributed by atoms with Gasteiger partial charge >= 0.3 is 12.1 Å². The molecule has 174 valence electrons. The first-order chi connectivity index (χ1) is 16.3. The molecule has 0 bridgehead atoms. The Hall–Kier alpha value is -4.28. The van der Waals surface area contributed by atoms with E-state index in [9.17, 15) is 23.6 Å². The fourth-order valence-corrected chi connectivity index (χ4v) is 4.47. The van der Waals surface area contributed by atoms with Crippen molar-refractivity contribution in [2.75, 3.05) is 7.11 Å². The molecular formula is C23H17FN2O8. The van der Waals surface area contributed by atoms with Crippen LogP contribution < -0.4 is 10.3 Å². The minimum atomic E-state index is -1.86. The standard InChI is InChI=1S/C23H17FN2O8/c1-3-23(34-22(30)31-2)14-6-17-19-12(8-26(17)20(28)13(14)9-32-21(23)29)4-11-5-18(33-10-27)15(24)7-16(11)25-19/h4-7,10H,3,8-9H2,1-2H3/t23-/m0/s1. The molecule has 2 aliphatic rings. The van der Waals surface area contributed by atoms with Gasteiger partial charge in [-0.15, -0.1) is 0 Å². The van der Waals surface area contributed by atoms with Crippen LogP contribution in [0.3, 0.4) is 0 Å². The van der Waals surface area contributed by atoms with Gasteiger partial charge in [0.05, 0.1) is 36.1 Å². The van der Waals surface area contributed by atoms with Gasteiger partial charge in [-0.2, -0.15) is 0 Å². The Morgan fingerprint density at radius 2 is 2.09 bits per heavy atom. The van der Waals surface area contributed by atoms with Crippen molar-refractivity contribution in [3.8, 4) is 17.1 Å². The fraction of sp³-hybridized carbons (Fsp3) is 0.261. The SMILES string of the molecule is CC[C@@]1(OC(=O)OC)C(=O)OCc2c1cc1n(c2=O)Cc2cc3cc(OC=O)c(F)cc3nc2-1. The van der Waals surface area contributed by atoms with Crippen LogP contribution in [0.25, 0.3) is 22.3 Å². The van der Waals surface area contributed by atoms with Crippen LogP contribution in [0.5, 0.6) is 5.75 Å². The molecule has 0 saturated heterocycles. The van der Waals surface area contributed by atoms with E-state index in [0.717, 1.165) is 13.2 Å². The van der Waals surface area contributed by atoms with Gasteiger partial charge < -0.3 is 23.5 Å². The van der Waals surface area contributed by atoms with Crippen molar-refractivity contribution in [3.63, 3.8) is 0 Å². The minimum absolute atomic E-state index is 0.000444. The summed E-state index contributed by atoms with van der Waals surface area (Å²) >= 11 is 0. The fourth-order valence-electron chi connectivity index (χ4n) is 4.47. The van der Waals surface area contributed by atoms with Gasteiger partial charge in [0.15, 0.2) is 11.6 Å². The van der Waals surface area contributed by atoms with Crippen LogP contribution in [0.1, 0.15) is 30.0 Å². The topological polar surface area (TPSA) is 123 Å². The molecule has 11 heteroatoms. The maximum absolute atomic E-state index is 14.3. The average Bonchev–Trinajstić information content (AvgIpc) is 3.18. The highest BCUT2D eigenvalue weighted by molar-refractivity contribution is 5.88. The second-order valence-electron chi connectivity index (χ2n) is 7.81. The number of esters is 1. The summed E-state index contributed by atoms with van der Waals surface area (Å²) < 4.78 is 35.5. The van der Waals surface area contributed by atoms with Gasteiger partial charge in [-0.3, -0.25) is 9.59 Å². The van der Waals surface area contributed by atoms with Gasteiger partial charge in [-0.1, -0.05) is 6.92 Å². The van der Waals surface area contributed by atoms with Crippen LogP contribution in [0, 0.1) is 5.82 Å². The summed E-state index contributed by atoms with van der Waals surface area (Å²) in [5.74, 6) is -1.82. The van der Waals surface area contributed by atoms with Gasteiger partial charge in [0, 0.05) is 22.6 Å². The number of hydrogen-bond donors (Lipinski definition) is 0. The molecule has 0 aliphatic carbocycles. The Morgan fingerprint density at radius 1 is 1.29 bits per heavy atom. The van der Waals surface area contributed by atoms with Crippen molar-refractivity contribution in [2.45, 2.75) is 32.1 Å². The number of pyridine rings is 2. The largest absolute Gasteiger partial charge is 0.509 e. The highest BCUT2D eigenvalue weighted by atomic mass is 19.1. The van der Waals surface area contributed by atoms with Crippen molar-refractivity contribution in [1.29, 1.82) is 0 Å². The first-order valence-corrected chi connectivity index (χ1v) is 10.3. The lowest BCUT2D eigenvalue weighted by Gasteiger charge is -2.35. The van der Waals surface area contributed by atoms with Crippen LogP contribution in [-0.4, -0.2) is 35.3 Å². The third-order valence-corrected chi connectivity index (χ3v) is 6.13. The van der Waals surface area contributed by atoms with Crippen molar-refractivity contribution in [1.82, 2.24) is 9.55 Å². The number of hydrogen-bond acceptors (Lipinski definition) is 9. The molecule has 0 unspecified atom stereocenters. The third kappa shape index (κ3) is 2.96. The molecule has 34 heavy (non-hydrogen) atoms. The summed E-state index contributed by atoms with van der Waals surface area (Å²) in [4.78, 5) is 53.3. The quantitative estimate of drug-likeness (QED) is 0.328. The first kappa shape index (κ1) is 21.6. The first-order valence-electron chi connectivity index (χ1n) is 10.3. The minimum Gasteiger partial charge on any atom is -0.457 e. The van der Waals surface area contributed by atoms with Crippen LogP contribution in [-0.2, 0) is 42.6 Å². The van der Waals surface area contributed by atoms with Crippen molar-refractivity contribution in [2.24, 2.45) is 0 Å². The monoisotopic (exact) mass is 468 g/mol. The van der Waals surface area contributed by atoms with E-state index in [2.05, 4.69) is 14.5 Å². The Labute approximate surface area is 190 Å². The normalized spacial score (nSPS) is 17.9. The zero-order chi connectivity index (χ0) is 24.2. The molecule has 0 saturated carbocycles. The zero-order valence-electron chi connectivity index (χ0n) is 18.0. The molecule has 4 heterocycles. The molecule has 0 radical (unpaired) electrons. The predicted molar refractivity (Wildman–Crippen MR) is 112 cm³/mol. The number of aromatic nitrogens is 2. The van der Waals surface area contributed by atoms with Gasteiger partial charge in [0.1, 0.15) is 6.61 Å². The summed E-state index contributed by atoms with van der Waals surface area (Å²) in [6.07, 6.45) is -1.10. The molecule has 0 spiro atoms. The number of benzene rings is 1. The van der Waals surface area contributed by atoms with Crippen LogP contribution in [0.15, 0.2) is 29.1 Å². The highest BCUT2D eigenvalue weighted by Crippen LogP contribution is 2.41. The van der Waals surface area contributed by atoms with Gasteiger partial charge in [-0.25, -0.2) is 19.0 Å². The Bertz CT molecular complexity index is 1460. The van der Waals surface area contributed by atoms with Crippen LogP contribution >= 0.6 is 0 Å². The van der Waals surface area contributed by atoms with Crippen molar-refractivity contribution < 1.29 is 37.7 Å². The molecule has 0 fully saturated rings. The van der Waals surface area contributed by atoms with E-state index in [-0.39, 0.29) is 48.4 Å². The Kier molecular flexibility index (Phi) is 4.85. The van der Waals surface area contributed by atoms with Crippen LogP contribution in [0.4, 0.5) is 9.18 Å². The van der Waals surface area contributed by atoms with Crippen LogP contribution in [0.2, 0.25) is 0 Å². The molecule has 0 N–H and O–H groups in total. The third-order valence-electron chi connectivity index (χ3n) is 6.13. The number of cyclic esters (lactones) is 1. The smallest absolute Gasteiger partial charge is 0.457 e. The van der Waals surface area contributed by atoms with Crippen molar-refractivity contribution in [3.05, 3.63) is 57.1 Å². The Morgan fingerprint density at radius 3 is 2.79 bits per heavy atom. The van der Waals surface area contributed by atoms with Gasteiger partial charge in [0.2, 0.25) is 5.60 Å². The van der Waals surface area contributed by atoms with E-state index in [4.69, 9.17) is 9.47 Å². The average molecular weight is 468 g/mol. The molecule has 10 nitrogen and oxygen atoms in total. The van der Waals surface area contributed by atoms with E-state index in [1.54, 1.807) is 19.1 Å². The summed E-state index contributed by atoms with van der Waals surface area (Å²) in [5, 5.41) is 0.512. The zero-order valence-corrected chi connectivity index (χ0v) is 18.0. The molecule has 1 aromatic carbocycles. The van der Waals surface area contributed by atoms with Gasteiger partial charge in [-0.05, 0) is 24.6 Å². The maximum Gasteiger partial charge on any atom is 0.509 e. The number of halogens is 1. The molecule has 3 aromatic rings. The van der Waals surface area contributed by atoms with E-state index < -0.39 is 29.1 Å². The van der Waals surface area contributed by atoms with E-state index >= 15 is 0 Å². The molecule has 5 rings (SSSR count). The lowest BCUT2D eigenvalue weighted by atomic mass is 9.85. The number of ether oxygens (including phenoxy) is 4. The molecule has 2 aromatic heterocycles. The maximum atomic E-state index is 14.3. The number of nitrogens with zero attached hydrogens (tertiary/aromatic N) is 2. The van der Waals surface area contributed by atoms with E-state index in [1.807, 2.05) is 0 Å². The second kappa shape index (κ2) is 7.65. The highest BCUT2D eigenvalue weighted by Gasteiger charge is 2.50. The molecule has 0 amide bonds. The summed E-state index contributed by atoms with van der Waals surface area (Å²) in [6, 6.07) is 5.78. The van der Waals surface area contributed by atoms with Gasteiger partial charge in [0.25, 0.3) is 12.0 Å². The van der Waals surface area contributed by atoms with Crippen molar-refractivity contribution >= 4 is 29.5 Å². The second-order valence-corrected chi connectivity index (χ2v) is 7.81. The number of carbonyl (C=O) groups excluding carboxylic acids is 3. The summed E-state index contributed by atoms with van der Waals surface area (Å²) in [5.41, 5.74) is -0.165. The Balaban J connectivity index is 1.72. The number of methoxy groups -OCH3 is 1. The number of fused-ring (bicyclic) bond motifs is 5. The lowest BCUT2D eigenvalue weighted by molar-refractivity contribution is -0.175. The van der Waals surface area contributed by atoms with E-state index in [0.29, 0.717) is 22.3 Å². The predicted octanol–water partition coefficient (Wildman–Crippen LogP) is 2.54. The molecule has 1 atom stereocenters. The number of rotatable bonds is 4. The lowest BCUT2D eigenvalue weighted by Crippen LogP contribution is -2.47. The number of carbonyl (C=O) groups is 3. The molecular weight excluding hydrogens is 451 g/mol. The van der Waals surface area contributed by atoms with E-state index in [1.165, 1.54) is 10.6 Å². The summed E-state index contributed by atoms with van der Waals surface area (Å²) in [7, 11) is 1.11. The summed E-state index contributed by atoms with van der Waals surface area (Å²) in [6.45, 7) is 1.64.